The molecule has 8 heteroatoms. The highest BCUT2D eigenvalue weighted by Gasteiger charge is 2.30. The number of nitrogens with zero attached hydrogens (tertiary/aromatic N) is 2. The Labute approximate surface area is 197 Å². The van der Waals surface area contributed by atoms with Gasteiger partial charge in [-0.05, 0) is 49.2 Å². The molecule has 1 aliphatic heterocycles. The summed E-state index contributed by atoms with van der Waals surface area (Å²) in [5.41, 5.74) is 4.31. The third-order valence-corrected chi connectivity index (χ3v) is 6.50. The van der Waals surface area contributed by atoms with E-state index < -0.39 is 6.04 Å². The van der Waals surface area contributed by atoms with Crippen LogP contribution in [0.4, 0.5) is 5.69 Å². The first-order valence-corrected chi connectivity index (χ1v) is 11.6. The average molecular weight is 478 g/mol. The highest BCUT2D eigenvalue weighted by Crippen LogP contribution is 2.34. The number of amidine groups is 1. The van der Waals surface area contributed by atoms with Crippen LogP contribution in [0.2, 0.25) is 10.0 Å². The largest absolute Gasteiger partial charge is 0.463 e. The van der Waals surface area contributed by atoms with Crippen LogP contribution < -0.4 is 10.2 Å². The number of benzene rings is 2. The fourth-order valence-electron chi connectivity index (χ4n) is 3.17. The number of carbonyl (C=O) groups excluding carboxylic acids is 1. The second-order valence-electron chi connectivity index (χ2n) is 7.24. The van der Waals surface area contributed by atoms with Crippen molar-refractivity contribution in [3.05, 3.63) is 74.9 Å². The first-order chi connectivity index (χ1) is 14.8. The molecule has 0 amide bonds. The van der Waals surface area contributed by atoms with Gasteiger partial charge in [0, 0.05) is 31.2 Å². The topological polar surface area (TPSA) is 53.9 Å². The molecule has 2 aromatic rings. The molecule has 0 radical (unpaired) electrons. The summed E-state index contributed by atoms with van der Waals surface area (Å²) in [5.74, 6) is 0.309. The molecular weight excluding hydrogens is 453 g/mol. The molecule has 3 rings (SSSR count). The summed E-state index contributed by atoms with van der Waals surface area (Å²) < 4.78 is 5.31. The van der Waals surface area contributed by atoms with E-state index in [9.17, 15) is 4.79 Å². The smallest absolute Gasteiger partial charge is 0.338 e. The Kier molecular flexibility index (Phi) is 7.92. The van der Waals surface area contributed by atoms with E-state index in [1.807, 2.05) is 62.3 Å². The molecule has 1 N–H and O–H groups in total. The highest BCUT2D eigenvalue weighted by atomic mass is 35.5. The number of ether oxygens (including phenoxy) is 1. The summed E-state index contributed by atoms with van der Waals surface area (Å²) in [4.78, 5) is 19.6. The highest BCUT2D eigenvalue weighted by molar-refractivity contribution is 8.13. The zero-order valence-corrected chi connectivity index (χ0v) is 20.2. The Morgan fingerprint density at radius 3 is 2.48 bits per heavy atom. The van der Waals surface area contributed by atoms with Crippen LogP contribution in [0, 0.1) is 0 Å². The van der Waals surface area contributed by atoms with E-state index >= 15 is 0 Å². The number of rotatable bonds is 6. The van der Waals surface area contributed by atoms with Crippen LogP contribution in [0.25, 0.3) is 0 Å². The van der Waals surface area contributed by atoms with Crippen molar-refractivity contribution in [1.82, 2.24) is 5.32 Å². The standard InChI is InChI=1S/C23H25Cl2N3O2S/c1-5-30-22(29)20-14(2)26-23(31-13-15-6-11-18(24)19(25)12-15)27-21(20)16-7-9-17(10-8-16)28(3)4/h6-12,21H,5,13H2,1-4H3,(H,26,27)/t21-/m1/s1. The Bertz CT molecular complexity index is 1020. The van der Waals surface area contributed by atoms with Gasteiger partial charge in [-0.15, -0.1) is 0 Å². The summed E-state index contributed by atoms with van der Waals surface area (Å²) in [6.07, 6.45) is 0. The maximum atomic E-state index is 12.7. The van der Waals surface area contributed by atoms with Gasteiger partial charge >= 0.3 is 5.97 Å². The number of carbonyl (C=O) groups is 1. The second-order valence-corrected chi connectivity index (χ2v) is 9.02. The third kappa shape index (κ3) is 5.76. The number of halogens is 2. The molecule has 0 saturated carbocycles. The van der Waals surface area contributed by atoms with Crippen LogP contribution in [-0.4, -0.2) is 31.8 Å². The summed E-state index contributed by atoms with van der Waals surface area (Å²) in [6.45, 7) is 3.99. The molecule has 0 spiro atoms. The summed E-state index contributed by atoms with van der Waals surface area (Å²) in [7, 11) is 3.98. The normalized spacial score (nSPS) is 15.9. The lowest BCUT2D eigenvalue weighted by molar-refractivity contribution is -0.138. The van der Waals surface area contributed by atoms with Crippen molar-refractivity contribution in [2.75, 3.05) is 25.6 Å². The van der Waals surface area contributed by atoms with E-state index in [0.29, 0.717) is 28.0 Å². The molecule has 2 aromatic carbocycles. The van der Waals surface area contributed by atoms with Crippen LogP contribution >= 0.6 is 35.0 Å². The van der Waals surface area contributed by atoms with Crippen molar-refractivity contribution < 1.29 is 9.53 Å². The first-order valence-electron chi connectivity index (χ1n) is 9.86. The molecule has 1 atom stereocenters. The van der Waals surface area contributed by atoms with Crippen molar-refractivity contribution in [3.63, 3.8) is 0 Å². The molecule has 0 unspecified atom stereocenters. The molecule has 1 heterocycles. The number of nitrogens with one attached hydrogen (secondary N) is 1. The van der Waals surface area contributed by atoms with Gasteiger partial charge in [-0.3, -0.25) is 0 Å². The minimum absolute atomic E-state index is 0.310. The van der Waals surface area contributed by atoms with Crippen molar-refractivity contribution in [2.45, 2.75) is 25.6 Å². The predicted molar refractivity (Wildman–Crippen MR) is 131 cm³/mol. The molecule has 0 saturated heterocycles. The van der Waals surface area contributed by atoms with E-state index in [2.05, 4.69) is 5.32 Å². The van der Waals surface area contributed by atoms with E-state index in [1.54, 1.807) is 24.8 Å². The van der Waals surface area contributed by atoms with Crippen molar-refractivity contribution in [2.24, 2.45) is 4.99 Å². The number of esters is 1. The second kappa shape index (κ2) is 10.4. The van der Waals surface area contributed by atoms with Gasteiger partial charge in [-0.25, -0.2) is 9.79 Å². The molecule has 0 bridgehead atoms. The molecule has 0 aliphatic carbocycles. The number of anilines is 1. The summed E-state index contributed by atoms with van der Waals surface area (Å²) >= 11 is 13.7. The lowest BCUT2D eigenvalue weighted by Crippen LogP contribution is -2.30. The minimum Gasteiger partial charge on any atom is -0.463 e. The van der Waals surface area contributed by atoms with Gasteiger partial charge in [-0.2, -0.15) is 0 Å². The fourth-order valence-corrected chi connectivity index (χ4v) is 4.38. The van der Waals surface area contributed by atoms with Crippen LogP contribution in [0.1, 0.15) is 31.0 Å². The Balaban J connectivity index is 1.88. The Morgan fingerprint density at radius 1 is 1.16 bits per heavy atom. The SMILES string of the molecule is CCOC(=O)C1=C(C)NC(SCc2ccc(Cl)c(Cl)c2)=N[C@@H]1c1ccc(N(C)C)cc1. The van der Waals surface area contributed by atoms with Gasteiger partial charge in [0.1, 0.15) is 6.04 Å². The molecule has 1 aliphatic rings. The van der Waals surface area contributed by atoms with E-state index in [4.69, 9.17) is 32.9 Å². The lowest BCUT2D eigenvalue weighted by atomic mass is 9.96. The third-order valence-electron chi connectivity index (χ3n) is 4.80. The molecule has 0 aromatic heterocycles. The van der Waals surface area contributed by atoms with Crippen molar-refractivity contribution in [3.8, 4) is 0 Å². The average Bonchev–Trinajstić information content (AvgIpc) is 2.74. The maximum absolute atomic E-state index is 12.7. The minimum atomic E-state index is -0.437. The van der Waals surface area contributed by atoms with Crippen LogP contribution in [-0.2, 0) is 15.3 Å². The number of allylic oxidation sites excluding steroid dienone is 1. The van der Waals surface area contributed by atoms with Crippen LogP contribution in [0.3, 0.4) is 0 Å². The fraction of sp³-hybridized carbons (Fsp3) is 0.304. The number of thioether (sulfide) groups is 1. The van der Waals surface area contributed by atoms with Gasteiger partial charge < -0.3 is 15.0 Å². The Hall–Kier alpha value is -2.15. The molecular formula is C23H25Cl2N3O2S. The molecule has 0 fully saturated rings. The van der Waals surface area contributed by atoms with Crippen LogP contribution in [0.15, 0.2) is 58.7 Å². The number of hydrogen-bond donors (Lipinski definition) is 1. The summed E-state index contributed by atoms with van der Waals surface area (Å²) in [5, 5.41) is 5.05. The summed E-state index contributed by atoms with van der Waals surface area (Å²) in [6, 6.07) is 13.2. The zero-order chi connectivity index (χ0) is 22.5. The van der Waals surface area contributed by atoms with Gasteiger partial charge in [0.2, 0.25) is 0 Å². The quantitative estimate of drug-likeness (QED) is 0.530. The van der Waals surface area contributed by atoms with E-state index in [1.165, 1.54) is 0 Å². The number of hydrogen-bond acceptors (Lipinski definition) is 6. The van der Waals surface area contributed by atoms with Crippen molar-refractivity contribution in [1.29, 1.82) is 0 Å². The van der Waals surface area contributed by atoms with Crippen LogP contribution in [0.5, 0.6) is 0 Å². The van der Waals surface area contributed by atoms with E-state index in [-0.39, 0.29) is 5.97 Å². The molecule has 31 heavy (non-hydrogen) atoms. The van der Waals surface area contributed by atoms with Gasteiger partial charge in [0.25, 0.3) is 0 Å². The molecule has 164 valence electrons. The first kappa shape index (κ1) is 23.5. The van der Waals surface area contributed by atoms with Gasteiger partial charge in [0.15, 0.2) is 5.17 Å². The predicted octanol–water partition coefficient (Wildman–Crippen LogP) is 5.83. The number of aliphatic imine (C=N–C) groups is 1. The monoisotopic (exact) mass is 477 g/mol. The maximum Gasteiger partial charge on any atom is 0.338 e. The van der Waals surface area contributed by atoms with E-state index in [0.717, 1.165) is 27.7 Å². The lowest BCUT2D eigenvalue weighted by Gasteiger charge is -2.26. The Morgan fingerprint density at radius 2 is 1.87 bits per heavy atom. The zero-order valence-electron chi connectivity index (χ0n) is 17.9. The molecule has 5 nitrogen and oxygen atoms in total. The van der Waals surface area contributed by atoms with Gasteiger partial charge in [-0.1, -0.05) is 53.2 Å². The van der Waals surface area contributed by atoms with Gasteiger partial charge in [0.05, 0.1) is 22.2 Å². The van der Waals surface area contributed by atoms with Crippen molar-refractivity contribution >= 4 is 51.8 Å².